The zero-order chi connectivity index (χ0) is 16.8. The van der Waals surface area contributed by atoms with Crippen LogP contribution < -0.4 is 4.74 Å². The Morgan fingerprint density at radius 2 is 1.83 bits per heavy atom. The minimum Gasteiger partial charge on any atom is -0.497 e. The number of carbonyl (C=O) groups is 1. The molecule has 0 saturated carbocycles. The van der Waals surface area contributed by atoms with Crippen LogP contribution in [0.3, 0.4) is 0 Å². The zero-order valence-electron chi connectivity index (χ0n) is 13.0. The number of hydrogen-bond acceptors (Lipinski definition) is 6. The van der Waals surface area contributed by atoms with E-state index < -0.39 is 0 Å². The molecule has 2 aromatic heterocycles. The van der Waals surface area contributed by atoms with Crippen LogP contribution in [-0.4, -0.2) is 33.8 Å². The molecule has 0 aliphatic carbocycles. The lowest BCUT2D eigenvalue weighted by Crippen LogP contribution is -2.03. The third-order valence-corrected chi connectivity index (χ3v) is 4.25. The van der Waals surface area contributed by atoms with Gasteiger partial charge in [-0.15, -0.1) is 10.2 Å². The van der Waals surface area contributed by atoms with Gasteiger partial charge >= 0.3 is 0 Å². The number of ketones is 1. The van der Waals surface area contributed by atoms with E-state index in [2.05, 4.69) is 15.2 Å². The van der Waals surface area contributed by atoms with Crippen molar-refractivity contribution in [2.75, 3.05) is 12.9 Å². The van der Waals surface area contributed by atoms with Crippen LogP contribution in [-0.2, 0) is 0 Å². The minimum atomic E-state index is 0.0401. The topological polar surface area (TPSA) is 65.0 Å². The predicted molar refractivity (Wildman–Crippen MR) is 93.3 cm³/mol. The van der Waals surface area contributed by atoms with Gasteiger partial charge in [0.15, 0.2) is 5.78 Å². The van der Waals surface area contributed by atoms with Crippen LogP contribution >= 0.6 is 11.8 Å². The van der Waals surface area contributed by atoms with Crippen molar-refractivity contribution in [3.8, 4) is 17.1 Å². The lowest BCUT2D eigenvalue weighted by Gasteiger charge is -2.03. The summed E-state index contributed by atoms with van der Waals surface area (Å²) in [6.07, 6.45) is 1.72. The van der Waals surface area contributed by atoms with Crippen molar-refractivity contribution >= 4 is 17.5 Å². The van der Waals surface area contributed by atoms with E-state index in [4.69, 9.17) is 4.74 Å². The van der Waals surface area contributed by atoms with E-state index in [9.17, 15) is 4.79 Å². The number of pyridine rings is 1. The first-order valence-corrected chi connectivity index (χ1v) is 8.30. The molecule has 2 heterocycles. The van der Waals surface area contributed by atoms with E-state index in [-0.39, 0.29) is 5.78 Å². The smallest absolute Gasteiger partial charge is 0.173 e. The molecular weight excluding hydrogens is 322 g/mol. The van der Waals surface area contributed by atoms with Gasteiger partial charge in [0.05, 0.1) is 18.6 Å². The number of Topliss-reactive ketones (excluding diaryl/α,β-unsaturated/α-hetero) is 1. The van der Waals surface area contributed by atoms with Crippen LogP contribution in [0.25, 0.3) is 11.4 Å². The molecule has 1 aromatic carbocycles. The lowest BCUT2D eigenvalue weighted by atomic mass is 10.1. The third kappa shape index (κ3) is 3.97. The Bertz CT molecular complexity index is 806. The number of methoxy groups -OCH3 is 1. The number of rotatable bonds is 6. The van der Waals surface area contributed by atoms with Gasteiger partial charge in [-0.25, -0.2) is 0 Å². The quantitative estimate of drug-likeness (QED) is 0.506. The lowest BCUT2D eigenvalue weighted by molar-refractivity contribution is 0.102. The van der Waals surface area contributed by atoms with Crippen molar-refractivity contribution in [3.63, 3.8) is 0 Å². The molecule has 0 aliphatic heterocycles. The van der Waals surface area contributed by atoms with Gasteiger partial charge in [-0.1, -0.05) is 17.8 Å². The highest BCUT2D eigenvalue weighted by Gasteiger charge is 2.08. The maximum atomic E-state index is 12.2. The van der Waals surface area contributed by atoms with Crippen LogP contribution in [0.15, 0.2) is 65.8 Å². The Morgan fingerprint density at radius 3 is 2.46 bits per heavy atom. The van der Waals surface area contributed by atoms with Gasteiger partial charge in [0, 0.05) is 11.8 Å². The highest BCUT2D eigenvalue weighted by atomic mass is 32.2. The number of hydrogen-bond donors (Lipinski definition) is 0. The number of benzene rings is 1. The third-order valence-electron chi connectivity index (χ3n) is 3.33. The maximum Gasteiger partial charge on any atom is 0.173 e. The maximum absolute atomic E-state index is 12.2. The Kier molecular flexibility index (Phi) is 5.18. The molecule has 3 rings (SSSR count). The van der Waals surface area contributed by atoms with Gasteiger partial charge < -0.3 is 4.74 Å². The van der Waals surface area contributed by atoms with Crippen LogP contribution in [0.5, 0.6) is 5.75 Å². The van der Waals surface area contributed by atoms with Gasteiger partial charge in [0.1, 0.15) is 16.5 Å². The molecule has 0 fully saturated rings. The summed E-state index contributed by atoms with van der Waals surface area (Å²) in [5, 5.41) is 9.02. The molecule has 0 spiro atoms. The molecule has 5 nitrogen and oxygen atoms in total. The van der Waals surface area contributed by atoms with Gasteiger partial charge in [-0.2, -0.15) is 0 Å². The summed E-state index contributed by atoms with van der Waals surface area (Å²) >= 11 is 1.36. The van der Waals surface area contributed by atoms with E-state index in [0.717, 1.165) is 11.4 Å². The molecule has 0 bridgehead atoms. The largest absolute Gasteiger partial charge is 0.497 e. The Morgan fingerprint density at radius 1 is 1.00 bits per heavy atom. The van der Waals surface area contributed by atoms with Crippen LogP contribution in [0.1, 0.15) is 10.4 Å². The summed E-state index contributed by atoms with van der Waals surface area (Å²) < 4.78 is 5.09. The van der Waals surface area contributed by atoms with Crippen molar-refractivity contribution in [2.45, 2.75) is 5.03 Å². The number of ether oxygens (including phenoxy) is 1. The van der Waals surface area contributed by atoms with E-state index in [1.54, 1.807) is 37.6 Å². The average Bonchev–Trinajstić information content (AvgIpc) is 2.67. The van der Waals surface area contributed by atoms with Gasteiger partial charge in [0.25, 0.3) is 0 Å². The zero-order valence-corrected chi connectivity index (χ0v) is 13.9. The van der Waals surface area contributed by atoms with Crippen LogP contribution in [0.2, 0.25) is 0 Å². The van der Waals surface area contributed by atoms with Crippen molar-refractivity contribution in [1.82, 2.24) is 15.2 Å². The van der Waals surface area contributed by atoms with E-state index in [0.29, 0.717) is 22.0 Å². The SMILES string of the molecule is COc1ccc(C(=O)CSc2ccc(-c3ccccn3)nn2)cc1. The average molecular weight is 337 g/mol. The minimum absolute atomic E-state index is 0.0401. The number of carbonyl (C=O) groups excluding carboxylic acids is 1. The summed E-state index contributed by atoms with van der Waals surface area (Å²) in [6, 6.07) is 16.4. The highest BCUT2D eigenvalue weighted by molar-refractivity contribution is 7.99. The molecule has 120 valence electrons. The summed E-state index contributed by atoms with van der Waals surface area (Å²) in [5.41, 5.74) is 2.14. The number of aromatic nitrogens is 3. The molecular formula is C18H15N3O2S. The Labute approximate surface area is 144 Å². The standard InChI is InChI=1S/C18H15N3O2S/c1-23-14-7-5-13(6-8-14)17(22)12-24-18-10-9-16(20-21-18)15-4-2-3-11-19-15/h2-11H,12H2,1H3. The second-order valence-corrected chi connectivity index (χ2v) is 5.91. The first-order valence-electron chi connectivity index (χ1n) is 7.31. The summed E-state index contributed by atoms with van der Waals surface area (Å²) in [7, 11) is 1.60. The summed E-state index contributed by atoms with van der Waals surface area (Å²) in [5.74, 6) is 1.08. The molecule has 6 heteroatoms. The molecule has 0 amide bonds. The first-order chi connectivity index (χ1) is 11.8. The Balaban J connectivity index is 1.61. The van der Waals surface area contributed by atoms with Crippen molar-refractivity contribution in [1.29, 1.82) is 0 Å². The fourth-order valence-corrected chi connectivity index (χ4v) is 2.76. The Hall–Kier alpha value is -2.73. The molecule has 0 unspecified atom stereocenters. The number of nitrogens with zero attached hydrogens (tertiary/aromatic N) is 3. The summed E-state index contributed by atoms with van der Waals surface area (Å²) in [4.78, 5) is 16.4. The molecule has 0 radical (unpaired) electrons. The predicted octanol–water partition coefficient (Wildman–Crippen LogP) is 3.52. The highest BCUT2D eigenvalue weighted by Crippen LogP contribution is 2.20. The molecule has 24 heavy (non-hydrogen) atoms. The van der Waals surface area contributed by atoms with Gasteiger partial charge in [-0.05, 0) is 48.5 Å². The van der Waals surface area contributed by atoms with E-state index >= 15 is 0 Å². The first kappa shape index (κ1) is 16.1. The monoisotopic (exact) mass is 337 g/mol. The molecule has 0 atom stereocenters. The van der Waals surface area contributed by atoms with Gasteiger partial charge in [-0.3, -0.25) is 9.78 Å². The van der Waals surface area contributed by atoms with Crippen LogP contribution in [0.4, 0.5) is 0 Å². The second-order valence-electron chi connectivity index (χ2n) is 4.91. The number of thioether (sulfide) groups is 1. The fraction of sp³-hybridized carbons (Fsp3) is 0.111. The summed E-state index contributed by atoms with van der Waals surface area (Å²) in [6.45, 7) is 0. The van der Waals surface area contributed by atoms with Gasteiger partial charge in [0.2, 0.25) is 0 Å². The van der Waals surface area contributed by atoms with Crippen molar-refractivity contribution < 1.29 is 9.53 Å². The second kappa shape index (κ2) is 7.70. The van der Waals surface area contributed by atoms with Crippen LogP contribution in [0, 0.1) is 0 Å². The van der Waals surface area contributed by atoms with E-state index in [1.807, 2.05) is 30.3 Å². The fourth-order valence-electron chi connectivity index (χ4n) is 2.05. The molecule has 0 saturated heterocycles. The molecule has 0 aliphatic rings. The normalized spacial score (nSPS) is 10.4. The van der Waals surface area contributed by atoms with E-state index in [1.165, 1.54) is 11.8 Å². The molecule has 0 N–H and O–H groups in total. The van der Waals surface area contributed by atoms with Crippen molar-refractivity contribution in [2.24, 2.45) is 0 Å². The molecule has 3 aromatic rings. The van der Waals surface area contributed by atoms with Crippen molar-refractivity contribution in [3.05, 3.63) is 66.4 Å².